The van der Waals surface area contributed by atoms with E-state index in [-0.39, 0.29) is 0 Å². The Hall–Kier alpha value is -8.99. The van der Waals surface area contributed by atoms with Crippen LogP contribution in [-0.2, 0) is 0 Å². The van der Waals surface area contributed by atoms with Crippen LogP contribution in [0.15, 0.2) is 267 Å². The van der Waals surface area contributed by atoms with Crippen LogP contribution in [0.1, 0.15) is 0 Å². The van der Waals surface area contributed by atoms with E-state index in [9.17, 15) is 0 Å². The van der Waals surface area contributed by atoms with E-state index >= 15 is 0 Å². The molecule has 13 rings (SSSR count). The van der Waals surface area contributed by atoms with Crippen molar-refractivity contribution in [3.8, 4) is 28.1 Å². The molecule has 0 N–H and O–H groups in total. The van der Waals surface area contributed by atoms with Crippen LogP contribution in [0, 0.1) is 0 Å². The standard InChI is InChI=1S/C64H44N4Si/c1-5-21-46(22-6-1)54-34-20-35-55(47-23-7-2-8-24-47)63(54)67-45-66(60-41-38-48-25-13-14-32-56(48)64(60)67)49-26-19-31-52(43-49)69(50-27-9-3-10-28-50,51-29-11-4-12-30-51)53-39-40-58-57-33-15-16-36-59(57)68(61(58)44-53)62-37-17-18-42-65-62/h1-44H/q+2. The summed E-state index contributed by atoms with van der Waals surface area (Å²) < 4.78 is 6.96. The van der Waals surface area contributed by atoms with Gasteiger partial charge in [-0.2, -0.15) is 0 Å². The fraction of sp³-hybridized carbons (Fsp3) is 0. The predicted octanol–water partition coefficient (Wildman–Crippen LogP) is 12.9. The Morgan fingerprint density at radius 2 is 0.942 bits per heavy atom. The van der Waals surface area contributed by atoms with Gasteiger partial charge in [-0.3, -0.25) is 4.57 Å². The minimum absolute atomic E-state index is 0.898. The summed E-state index contributed by atoms with van der Waals surface area (Å²) in [6, 6.07) is 99.3. The van der Waals surface area contributed by atoms with E-state index < -0.39 is 8.07 Å². The van der Waals surface area contributed by atoms with Gasteiger partial charge < -0.3 is 0 Å². The molecule has 10 aromatic carbocycles. The molecule has 3 heterocycles. The van der Waals surface area contributed by atoms with Gasteiger partial charge in [-0.15, -0.1) is 0 Å². The van der Waals surface area contributed by atoms with Crippen molar-refractivity contribution >= 4 is 90.2 Å². The topological polar surface area (TPSA) is 23.8 Å². The Morgan fingerprint density at radius 1 is 0.377 bits per heavy atom. The number of fused-ring (bicyclic) bond motifs is 6. The van der Waals surface area contributed by atoms with Crippen molar-refractivity contribution in [3.05, 3.63) is 267 Å². The van der Waals surface area contributed by atoms with Crippen molar-refractivity contribution in [3.63, 3.8) is 0 Å². The van der Waals surface area contributed by atoms with E-state index in [2.05, 4.69) is 275 Å². The van der Waals surface area contributed by atoms with Gasteiger partial charge in [0, 0.05) is 35.2 Å². The van der Waals surface area contributed by atoms with Crippen molar-refractivity contribution in [1.82, 2.24) is 18.7 Å². The SMILES string of the molecule is C1=[N+](c2cccc([Si](c3ccccc3)(c3ccccc3)c3ccc4c5ccccc5n(-c5ccccn5)c4c3)c2)c2ccc3ccccc3c2[N+]=1c1c(-c2ccccc2)cccc1-c1ccccc1. The molecule has 69 heavy (non-hydrogen) atoms. The molecule has 0 aliphatic carbocycles. The van der Waals surface area contributed by atoms with Crippen molar-refractivity contribution in [2.75, 3.05) is 0 Å². The van der Waals surface area contributed by atoms with Crippen LogP contribution in [0.25, 0.3) is 60.6 Å². The molecule has 0 radical (unpaired) electrons. The number of benzene rings is 10. The summed E-state index contributed by atoms with van der Waals surface area (Å²) in [7, 11) is -3.10. The smallest absolute Gasteiger partial charge is 0.294 e. The van der Waals surface area contributed by atoms with E-state index in [0.29, 0.717) is 0 Å². The third-order valence-electron chi connectivity index (χ3n) is 13.9. The van der Waals surface area contributed by atoms with E-state index in [1.165, 1.54) is 36.9 Å². The maximum Gasteiger partial charge on any atom is 0.503 e. The van der Waals surface area contributed by atoms with E-state index in [1.807, 2.05) is 12.3 Å². The van der Waals surface area contributed by atoms with E-state index in [4.69, 9.17) is 4.98 Å². The zero-order chi connectivity index (χ0) is 45.7. The van der Waals surface area contributed by atoms with Gasteiger partial charge in [0.25, 0.3) is 5.69 Å². The van der Waals surface area contributed by atoms with Crippen molar-refractivity contribution in [1.29, 1.82) is 0 Å². The molecule has 2 aromatic heterocycles. The lowest BCUT2D eigenvalue weighted by Gasteiger charge is -2.34. The second-order valence-electron chi connectivity index (χ2n) is 17.7. The molecule has 0 saturated heterocycles. The molecular formula is C64H44N4Si+2. The van der Waals surface area contributed by atoms with Crippen LogP contribution in [0.3, 0.4) is 0 Å². The highest BCUT2D eigenvalue weighted by Crippen LogP contribution is 2.47. The first-order valence-corrected chi connectivity index (χ1v) is 25.5. The summed E-state index contributed by atoms with van der Waals surface area (Å²) in [5, 5.41) is 9.92. The Bertz CT molecular complexity index is 3880. The molecule has 322 valence electrons. The number of hydrogen-bond acceptors (Lipinski definition) is 1. The van der Waals surface area contributed by atoms with Crippen LogP contribution < -0.4 is 29.9 Å². The van der Waals surface area contributed by atoms with Crippen LogP contribution in [0.4, 0.5) is 22.7 Å². The first-order valence-electron chi connectivity index (χ1n) is 23.5. The molecule has 1 aliphatic rings. The zero-order valence-electron chi connectivity index (χ0n) is 37.7. The molecule has 0 spiro atoms. The fourth-order valence-electron chi connectivity index (χ4n) is 10.9. The number of pyridine rings is 1. The van der Waals surface area contributed by atoms with E-state index in [0.717, 1.165) is 67.2 Å². The first kappa shape index (κ1) is 40.3. The summed E-state index contributed by atoms with van der Waals surface area (Å²) >= 11 is 0. The fourth-order valence-corrected chi connectivity index (χ4v) is 15.7. The number of hydrogen-bond donors (Lipinski definition) is 0. The molecule has 0 atom stereocenters. The molecule has 0 saturated carbocycles. The minimum atomic E-state index is -3.10. The second-order valence-corrected chi connectivity index (χ2v) is 21.5. The van der Waals surface area contributed by atoms with Gasteiger partial charge in [0.15, 0.2) is 8.07 Å². The van der Waals surface area contributed by atoms with Gasteiger partial charge in [0.1, 0.15) is 5.82 Å². The van der Waals surface area contributed by atoms with Gasteiger partial charge in [-0.05, 0) is 94.9 Å². The monoisotopic (exact) mass is 896 g/mol. The van der Waals surface area contributed by atoms with Crippen LogP contribution >= 0.6 is 0 Å². The molecule has 5 heteroatoms. The first-order chi connectivity index (χ1) is 34.3. The summed E-state index contributed by atoms with van der Waals surface area (Å²) in [6.07, 6.45) is 1.88. The molecule has 0 unspecified atom stereocenters. The van der Waals surface area contributed by atoms with Crippen LogP contribution in [0.2, 0.25) is 0 Å². The number of para-hydroxylation sites is 2. The lowest BCUT2D eigenvalue weighted by atomic mass is 9.95. The van der Waals surface area contributed by atoms with Crippen molar-refractivity contribution < 1.29 is 0 Å². The van der Waals surface area contributed by atoms with Crippen molar-refractivity contribution in [2.24, 2.45) is 0 Å². The Balaban J connectivity index is 1.11. The highest BCUT2D eigenvalue weighted by Gasteiger charge is 2.45. The van der Waals surface area contributed by atoms with Gasteiger partial charge in [-0.25, -0.2) is 4.98 Å². The maximum atomic E-state index is 4.91. The molecule has 0 bridgehead atoms. The highest BCUT2D eigenvalue weighted by atomic mass is 28.3. The van der Waals surface area contributed by atoms with E-state index in [1.54, 1.807) is 0 Å². The molecule has 1 aliphatic heterocycles. The molecule has 0 amide bonds. The van der Waals surface area contributed by atoms with Gasteiger partial charge in [0.05, 0.1) is 27.5 Å². The third-order valence-corrected chi connectivity index (χ3v) is 18.7. The zero-order valence-corrected chi connectivity index (χ0v) is 38.7. The Labute approximate surface area is 402 Å². The lowest BCUT2D eigenvalue weighted by molar-refractivity contribution is 1.08. The number of rotatable bonds is 9. The summed E-state index contributed by atoms with van der Waals surface area (Å²) in [5.74, 6) is 0.898. The molecule has 4 nitrogen and oxygen atoms in total. The quantitative estimate of drug-likeness (QED) is 0.0804. The lowest BCUT2D eigenvalue weighted by Crippen LogP contribution is -2.74. The van der Waals surface area contributed by atoms with Gasteiger partial charge in [-0.1, -0.05) is 194 Å². The summed E-state index contributed by atoms with van der Waals surface area (Å²) in [6.45, 7) is 0. The van der Waals surface area contributed by atoms with Gasteiger partial charge >= 0.3 is 11.7 Å². The average Bonchev–Trinajstić information content (AvgIpc) is 3.99. The Kier molecular flexibility index (Phi) is 9.76. The summed E-state index contributed by atoms with van der Waals surface area (Å²) in [4.78, 5) is 4.91. The number of nitrogens with zero attached hydrogens (tertiary/aromatic N) is 4. The van der Waals surface area contributed by atoms with Crippen molar-refractivity contribution in [2.45, 2.75) is 0 Å². The molecular weight excluding hydrogens is 853 g/mol. The largest absolute Gasteiger partial charge is 0.503 e. The highest BCUT2D eigenvalue weighted by molar-refractivity contribution is 7.20. The summed E-state index contributed by atoms with van der Waals surface area (Å²) in [5.41, 5.74) is 11.1. The third kappa shape index (κ3) is 6.56. The second kappa shape index (κ2) is 16.7. The molecule has 12 aromatic rings. The van der Waals surface area contributed by atoms with Crippen LogP contribution in [-0.4, -0.2) is 23.6 Å². The van der Waals surface area contributed by atoms with Crippen LogP contribution in [0.5, 0.6) is 0 Å². The molecule has 0 fully saturated rings. The number of aromatic nitrogens is 2. The minimum Gasteiger partial charge on any atom is -0.294 e. The average molecular weight is 897 g/mol. The predicted molar refractivity (Wildman–Crippen MR) is 291 cm³/mol. The van der Waals surface area contributed by atoms with Gasteiger partial charge in [0.2, 0.25) is 11.4 Å². The Morgan fingerprint density at radius 3 is 1.62 bits per heavy atom. The maximum absolute atomic E-state index is 4.91. The normalized spacial score (nSPS) is 12.3.